The molecule has 0 aliphatic carbocycles. The van der Waals surface area contributed by atoms with Gasteiger partial charge in [-0.25, -0.2) is 4.98 Å². The molecule has 1 aromatic heterocycles. The maximum Gasteiger partial charge on any atom is 0.300 e. The van der Waals surface area contributed by atoms with Gasteiger partial charge in [0.05, 0.1) is 16.8 Å². The van der Waals surface area contributed by atoms with Crippen molar-refractivity contribution in [1.82, 2.24) is 9.97 Å². The van der Waals surface area contributed by atoms with E-state index in [9.17, 15) is 14.4 Å². The highest BCUT2D eigenvalue weighted by molar-refractivity contribution is 7.99. The van der Waals surface area contributed by atoms with E-state index in [1.807, 2.05) is 32.9 Å². The van der Waals surface area contributed by atoms with E-state index in [-0.39, 0.29) is 5.56 Å². The van der Waals surface area contributed by atoms with Crippen molar-refractivity contribution < 1.29 is 9.59 Å². The van der Waals surface area contributed by atoms with E-state index in [1.165, 1.54) is 17.8 Å². The molecule has 0 atom stereocenters. The second-order valence-corrected chi connectivity index (χ2v) is 8.45. The third-order valence-corrected chi connectivity index (χ3v) is 5.70. The lowest BCUT2D eigenvalue weighted by Crippen LogP contribution is -2.47. The normalized spacial score (nSPS) is 17.2. The number of Topliss-reactive ketones (excluding diaryl/α,β-unsaturated/α-hetero) is 1. The van der Waals surface area contributed by atoms with E-state index in [4.69, 9.17) is 0 Å². The molecule has 27 heavy (non-hydrogen) atoms. The summed E-state index contributed by atoms with van der Waals surface area (Å²) >= 11 is 1.43. The number of carbonyl (C=O) groups is 2. The number of aryl methyl sites for hydroxylation is 2. The van der Waals surface area contributed by atoms with Crippen LogP contribution < -0.4 is 10.5 Å². The Bertz CT molecular complexity index is 1100. The number of anilines is 1. The Labute approximate surface area is 160 Å². The molecule has 1 amide bonds. The number of benzene rings is 1. The van der Waals surface area contributed by atoms with Crippen molar-refractivity contribution in [2.24, 2.45) is 0 Å². The zero-order chi connectivity index (χ0) is 19.5. The first-order valence-electron chi connectivity index (χ1n) is 8.64. The second kappa shape index (κ2) is 5.92. The fraction of sp³-hybridized carbons (Fsp3) is 0.300. The lowest BCUT2D eigenvalue weighted by Gasteiger charge is -2.39. The smallest absolute Gasteiger partial charge is 0.300 e. The quantitative estimate of drug-likeness (QED) is 0.502. The first-order chi connectivity index (χ1) is 12.7. The molecule has 2 aromatic rings. The summed E-state index contributed by atoms with van der Waals surface area (Å²) in [5.74, 6) is -0.355. The SMILES string of the molecule is Cc1cc2c3c(c1)C(CSc1nc(C)cc(=O)[nH]1)=CC(C)(C)N3C(=O)C2=O. The zero-order valence-electron chi connectivity index (χ0n) is 15.5. The van der Waals surface area contributed by atoms with Gasteiger partial charge >= 0.3 is 0 Å². The molecule has 1 N–H and O–H groups in total. The average molecular weight is 381 g/mol. The van der Waals surface area contributed by atoms with Crippen LogP contribution in [0.3, 0.4) is 0 Å². The van der Waals surface area contributed by atoms with Crippen molar-refractivity contribution in [1.29, 1.82) is 0 Å². The van der Waals surface area contributed by atoms with Crippen LogP contribution in [0.25, 0.3) is 5.57 Å². The maximum absolute atomic E-state index is 12.6. The van der Waals surface area contributed by atoms with Crippen molar-refractivity contribution >= 4 is 34.7 Å². The van der Waals surface area contributed by atoms with Crippen molar-refractivity contribution in [3.05, 3.63) is 57.0 Å². The van der Waals surface area contributed by atoms with Crippen LogP contribution in [-0.4, -0.2) is 33.0 Å². The highest BCUT2D eigenvalue weighted by atomic mass is 32.2. The standard InChI is InChI=1S/C20H19N3O3S/c1-10-5-13-12(9-27-19-21-11(2)7-15(24)22-19)8-20(3,4)23-16(13)14(6-10)17(25)18(23)26/h5-8H,9H2,1-4H3,(H,21,22,24). The number of hydrogen-bond acceptors (Lipinski definition) is 5. The summed E-state index contributed by atoms with van der Waals surface area (Å²) in [5.41, 5.74) is 3.90. The number of thioether (sulfide) groups is 1. The van der Waals surface area contributed by atoms with Crippen molar-refractivity contribution in [2.75, 3.05) is 10.7 Å². The van der Waals surface area contributed by atoms with Gasteiger partial charge in [-0.2, -0.15) is 0 Å². The molecular formula is C20H19N3O3S. The first kappa shape index (κ1) is 17.7. The summed E-state index contributed by atoms with van der Waals surface area (Å²) in [4.78, 5) is 45.4. The maximum atomic E-state index is 12.6. The molecule has 7 heteroatoms. The number of nitrogens with one attached hydrogen (secondary N) is 1. The molecule has 0 bridgehead atoms. The molecule has 0 spiro atoms. The van der Waals surface area contributed by atoms with Gasteiger partial charge in [-0.1, -0.05) is 17.8 Å². The van der Waals surface area contributed by atoms with Crippen LogP contribution in [0.15, 0.2) is 34.2 Å². The van der Waals surface area contributed by atoms with E-state index in [0.717, 1.165) is 16.7 Å². The zero-order valence-corrected chi connectivity index (χ0v) is 16.4. The van der Waals surface area contributed by atoms with Crippen LogP contribution in [0.5, 0.6) is 0 Å². The third-order valence-electron chi connectivity index (χ3n) is 4.78. The molecule has 4 rings (SSSR count). The minimum Gasteiger partial charge on any atom is -0.301 e. The minimum atomic E-state index is -0.608. The Morgan fingerprint density at radius 1 is 1.11 bits per heavy atom. The van der Waals surface area contributed by atoms with E-state index in [2.05, 4.69) is 9.97 Å². The van der Waals surface area contributed by atoms with Gasteiger partial charge in [-0.05, 0) is 51.0 Å². The number of aromatic amines is 1. The van der Waals surface area contributed by atoms with Crippen LogP contribution in [0.1, 0.15) is 41.0 Å². The summed E-state index contributed by atoms with van der Waals surface area (Å²) in [6, 6.07) is 5.24. The largest absolute Gasteiger partial charge is 0.301 e. The third kappa shape index (κ3) is 2.82. The Balaban J connectivity index is 1.78. The fourth-order valence-corrected chi connectivity index (χ4v) is 4.67. The van der Waals surface area contributed by atoms with Gasteiger partial charge in [0, 0.05) is 23.1 Å². The van der Waals surface area contributed by atoms with Gasteiger partial charge in [0.2, 0.25) is 0 Å². The number of aromatic nitrogens is 2. The number of rotatable bonds is 3. The monoisotopic (exact) mass is 381 g/mol. The van der Waals surface area contributed by atoms with E-state index in [1.54, 1.807) is 17.9 Å². The van der Waals surface area contributed by atoms with Gasteiger partial charge in [-0.3, -0.25) is 19.3 Å². The van der Waals surface area contributed by atoms with Gasteiger partial charge in [0.15, 0.2) is 5.16 Å². The van der Waals surface area contributed by atoms with Crippen molar-refractivity contribution in [2.45, 2.75) is 38.4 Å². The molecule has 6 nitrogen and oxygen atoms in total. The van der Waals surface area contributed by atoms with Crippen LogP contribution in [0, 0.1) is 13.8 Å². The summed E-state index contributed by atoms with van der Waals surface area (Å²) < 4.78 is 0. The molecule has 3 heterocycles. The molecular weight excluding hydrogens is 362 g/mol. The molecule has 0 fully saturated rings. The van der Waals surface area contributed by atoms with Gasteiger partial charge < -0.3 is 4.98 Å². The molecule has 0 saturated heterocycles. The summed E-state index contributed by atoms with van der Waals surface area (Å²) in [5, 5.41) is 0.553. The predicted octanol–water partition coefficient (Wildman–Crippen LogP) is 2.88. The van der Waals surface area contributed by atoms with E-state index < -0.39 is 17.2 Å². The number of carbonyl (C=O) groups excluding carboxylic acids is 2. The second-order valence-electron chi connectivity index (χ2n) is 7.48. The van der Waals surface area contributed by atoms with Crippen LogP contribution >= 0.6 is 11.8 Å². The van der Waals surface area contributed by atoms with Crippen LogP contribution in [-0.2, 0) is 4.79 Å². The first-order valence-corrected chi connectivity index (χ1v) is 9.62. The Morgan fingerprint density at radius 3 is 2.52 bits per heavy atom. The predicted molar refractivity (Wildman–Crippen MR) is 105 cm³/mol. The molecule has 2 aliphatic rings. The van der Waals surface area contributed by atoms with Gasteiger partial charge in [-0.15, -0.1) is 0 Å². The Morgan fingerprint density at radius 2 is 1.81 bits per heavy atom. The van der Waals surface area contributed by atoms with Gasteiger partial charge in [0.25, 0.3) is 17.2 Å². The lowest BCUT2D eigenvalue weighted by molar-refractivity contribution is -0.115. The highest BCUT2D eigenvalue weighted by Gasteiger charge is 2.47. The molecule has 1 aromatic carbocycles. The summed E-state index contributed by atoms with van der Waals surface area (Å²) in [6.07, 6.45) is 2.02. The molecule has 0 unspecified atom stereocenters. The van der Waals surface area contributed by atoms with Crippen LogP contribution in [0.4, 0.5) is 5.69 Å². The van der Waals surface area contributed by atoms with Gasteiger partial charge in [0.1, 0.15) is 0 Å². The molecule has 0 saturated carbocycles. The van der Waals surface area contributed by atoms with Crippen molar-refractivity contribution in [3.8, 4) is 0 Å². The van der Waals surface area contributed by atoms with Crippen LogP contribution in [0.2, 0.25) is 0 Å². The number of ketones is 1. The molecule has 138 valence electrons. The lowest BCUT2D eigenvalue weighted by atomic mass is 9.88. The van der Waals surface area contributed by atoms with E-state index in [0.29, 0.717) is 27.9 Å². The Kier molecular flexibility index (Phi) is 3.89. The summed E-state index contributed by atoms with van der Waals surface area (Å²) in [6.45, 7) is 7.55. The number of H-pyrrole nitrogens is 1. The topological polar surface area (TPSA) is 83.1 Å². The minimum absolute atomic E-state index is 0.179. The van der Waals surface area contributed by atoms with E-state index >= 15 is 0 Å². The number of hydrogen-bond donors (Lipinski definition) is 1. The Hall–Kier alpha value is -2.67. The van der Waals surface area contributed by atoms with Crippen molar-refractivity contribution in [3.63, 3.8) is 0 Å². The molecule has 2 aliphatic heterocycles. The summed E-state index contributed by atoms with van der Waals surface area (Å²) in [7, 11) is 0. The average Bonchev–Trinajstić information content (AvgIpc) is 2.82. The number of amides is 1. The highest BCUT2D eigenvalue weighted by Crippen LogP contribution is 2.46. The fourth-order valence-electron chi connectivity index (χ4n) is 3.76. The number of nitrogens with zero attached hydrogens (tertiary/aromatic N) is 2. The molecule has 0 radical (unpaired) electrons.